The molecule has 0 aliphatic carbocycles. The summed E-state index contributed by atoms with van der Waals surface area (Å²) >= 11 is 0. The predicted molar refractivity (Wildman–Crippen MR) is 128 cm³/mol. The standard InChI is InChI=1S/C27H27NO6/c1-19-8-7-11-23(14-19)28(16-21-9-5-4-6-10-21)26(30)17-34-27(31)18-33-24-13-12-22(20(2)29)15-25(24)32-3/h4-15H,16-18H2,1-3H3. The van der Waals surface area contributed by atoms with Gasteiger partial charge in [-0.2, -0.15) is 0 Å². The molecule has 0 saturated heterocycles. The van der Waals surface area contributed by atoms with Gasteiger partial charge in [-0.1, -0.05) is 42.5 Å². The van der Waals surface area contributed by atoms with Gasteiger partial charge in [0.2, 0.25) is 0 Å². The minimum absolute atomic E-state index is 0.114. The first-order chi connectivity index (χ1) is 16.4. The number of hydrogen-bond acceptors (Lipinski definition) is 6. The van der Waals surface area contributed by atoms with Crippen molar-refractivity contribution in [1.29, 1.82) is 0 Å². The van der Waals surface area contributed by atoms with Gasteiger partial charge in [-0.05, 0) is 55.3 Å². The molecule has 0 radical (unpaired) electrons. The maximum absolute atomic E-state index is 13.0. The van der Waals surface area contributed by atoms with E-state index in [1.165, 1.54) is 20.1 Å². The number of benzene rings is 3. The van der Waals surface area contributed by atoms with Crippen LogP contribution < -0.4 is 14.4 Å². The van der Waals surface area contributed by atoms with Crippen LogP contribution in [0.5, 0.6) is 11.5 Å². The third kappa shape index (κ3) is 6.68. The van der Waals surface area contributed by atoms with Crippen LogP contribution in [0, 0.1) is 6.92 Å². The van der Waals surface area contributed by atoms with E-state index in [4.69, 9.17) is 14.2 Å². The Balaban J connectivity index is 1.62. The summed E-state index contributed by atoms with van der Waals surface area (Å²) in [6.45, 7) is 2.90. The van der Waals surface area contributed by atoms with Crippen LogP contribution in [-0.4, -0.2) is 38.0 Å². The molecule has 7 heteroatoms. The molecule has 0 unspecified atom stereocenters. The number of carbonyl (C=O) groups is 3. The third-order valence-corrected chi connectivity index (χ3v) is 5.07. The zero-order valence-electron chi connectivity index (χ0n) is 19.4. The number of methoxy groups -OCH3 is 1. The zero-order valence-corrected chi connectivity index (χ0v) is 19.4. The van der Waals surface area contributed by atoms with Crippen molar-refractivity contribution in [2.24, 2.45) is 0 Å². The van der Waals surface area contributed by atoms with Crippen LogP contribution in [0.2, 0.25) is 0 Å². The number of hydrogen-bond donors (Lipinski definition) is 0. The SMILES string of the molecule is COc1cc(C(C)=O)ccc1OCC(=O)OCC(=O)N(Cc1ccccc1)c1cccc(C)c1. The summed E-state index contributed by atoms with van der Waals surface area (Å²) in [5.41, 5.74) is 3.15. The summed E-state index contributed by atoms with van der Waals surface area (Å²) in [5, 5.41) is 0. The minimum Gasteiger partial charge on any atom is -0.493 e. The number of rotatable bonds is 10. The van der Waals surface area contributed by atoms with E-state index in [0.29, 0.717) is 23.6 Å². The largest absolute Gasteiger partial charge is 0.493 e. The summed E-state index contributed by atoms with van der Waals surface area (Å²) in [6.07, 6.45) is 0. The molecule has 3 rings (SSSR count). The van der Waals surface area contributed by atoms with Crippen LogP contribution >= 0.6 is 0 Å². The minimum atomic E-state index is -0.699. The second-order valence-corrected chi connectivity index (χ2v) is 7.68. The number of ketones is 1. The molecule has 3 aromatic rings. The topological polar surface area (TPSA) is 82.1 Å². The Kier molecular flexibility index (Phi) is 8.40. The van der Waals surface area contributed by atoms with Gasteiger partial charge in [0.1, 0.15) is 0 Å². The van der Waals surface area contributed by atoms with Gasteiger partial charge >= 0.3 is 5.97 Å². The number of anilines is 1. The van der Waals surface area contributed by atoms with E-state index in [-0.39, 0.29) is 11.7 Å². The Morgan fingerprint density at radius 3 is 2.29 bits per heavy atom. The van der Waals surface area contributed by atoms with Crippen LogP contribution in [0.25, 0.3) is 0 Å². The quantitative estimate of drug-likeness (QED) is 0.330. The molecule has 1 amide bonds. The summed E-state index contributed by atoms with van der Waals surface area (Å²) in [5.74, 6) is -0.552. The van der Waals surface area contributed by atoms with Gasteiger partial charge in [0.25, 0.3) is 5.91 Å². The monoisotopic (exact) mass is 461 g/mol. The van der Waals surface area contributed by atoms with E-state index >= 15 is 0 Å². The van der Waals surface area contributed by atoms with Crippen molar-refractivity contribution in [3.8, 4) is 11.5 Å². The lowest BCUT2D eigenvalue weighted by Crippen LogP contribution is -2.35. The highest BCUT2D eigenvalue weighted by atomic mass is 16.6. The lowest BCUT2D eigenvalue weighted by Gasteiger charge is -2.23. The molecule has 34 heavy (non-hydrogen) atoms. The predicted octanol–water partition coefficient (Wildman–Crippen LogP) is 4.36. The molecule has 176 valence electrons. The fraction of sp³-hybridized carbons (Fsp3) is 0.222. The molecule has 0 aromatic heterocycles. The van der Waals surface area contributed by atoms with E-state index in [0.717, 1.165) is 16.8 Å². The third-order valence-electron chi connectivity index (χ3n) is 5.07. The summed E-state index contributed by atoms with van der Waals surface area (Å²) < 4.78 is 15.9. The lowest BCUT2D eigenvalue weighted by atomic mass is 10.1. The van der Waals surface area contributed by atoms with Gasteiger partial charge in [-0.3, -0.25) is 9.59 Å². The van der Waals surface area contributed by atoms with Gasteiger partial charge in [-0.15, -0.1) is 0 Å². The number of carbonyl (C=O) groups excluding carboxylic acids is 3. The number of aryl methyl sites for hydroxylation is 1. The lowest BCUT2D eigenvalue weighted by molar-refractivity contribution is -0.149. The average Bonchev–Trinajstić information content (AvgIpc) is 2.85. The van der Waals surface area contributed by atoms with Crippen LogP contribution in [0.3, 0.4) is 0 Å². The number of nitrogens with zero attached hydrogens (tertiary/aromatic N) is 1. The second-order valence-electron chi connectivity index (χ2n) is 7.68. The van der Waals surface area contributed by atoms with Crippen molar-refractivity contribution in [1.82, 2.24) is 0 Å². The van der Waals surface area contributed by atoms with Crippen LogP contribution in [0.4, 0.5) is 5.69 Å². The highest BCUT2D eigenvalue weighted by molar-refractivity contribution is 5.95. The van der Waals surface area contributed by atoms with Gasteiger partial charge in [0.15, 0.2) is 30.5 Å². The number of Topliss-reactive ketones (excluding diaryl/α,β-unsaturated/α-hetero) is 1. The van der Waals surface area contributed by atoms with E-state index in [1.807, 2.05) is 61.5 Å². The maximum atomic E-state index is 13.0. The van der Waals surface area contributed by atoms with Crippen LogP contribution in [-0.2, 0) is 20.9 Å². The molecular weight excluding hydrogens is 434 g/mol. The van der Waals surface area contributed by atoms with Gasteiger partial charge in [-0.25, -0.2) is 4.79 Å². The molecular formula is C27H27NO6. The van der Waals surface area contributed by atoms with Crippen molar-refractivity contribution in [2.75, 3.05) is 25.2 Å². The Morgan fingerprint density at radius 2 is 1.62 bits per heavy atom. The summed E-state index contributed by atoms with van der Waals surface area (Å²) in [4.78, 5) is 38.4. The Hall–Kier alpha value is -4.13. The van der Waals surface area contributed by atoms with Crippen molar-refractivity contribution >= 4 is 23.3 Å². The Morgan fingerprint density at radius 1 is 0.853 bits per heavy atom. The molecule has 7 nitrogen and oxygen atoms in total. The normalized spacial score (nSPS) is 10.3. The van der Waals surface area contributed by atoms with E-state index in [9.17, 15) is 14.4 Å². The Labute approximate surface area is 198 Å². The molecule has 0 heterocycles. The highest BCUT2D eigenvalue weighted by Gasteiger charge is 2.19. The molecule has 0 fully saturated rings. The highest BCUT2D eigenvalue weighted by Crippen LogP contribution is 2.28. The van der Waals surface area contributed by atoms with Crippen LogP contribution in [0.15, 0.2) is 72.8 Å². The van der Waals surface area contributed by atoms with Crippen molar-refractivity contribution in [3.63, 3.8) is 0 Å². The first-order valence-electron chi connectivity index (χ1n) is 10.8. The second kappa shape index (κ2) is 11.7. The van der Waals surface area contributed by atoms with Gasteiger partial charge in [0.05, 0.1) is 13.7 Å². The van der Waals surface area contributed by atoms with Gasteiger partial charge in [0, 0.05) is 11.3 Å². The molecule has 0 saturated carbocycles. The summed E-state index contributed by atoms with van der Waals surface area (Å²) in [6, 6.07) is 21.8. The zero-order chi connectivity index (χ0) is 24.5. The maximum Gasteiger partial charge on any atom is 0.344 e. The van der Waals surface area contributed by atoms with Crippen molar-refractivity contribution in [2.45, 2.75) is 20.4 Å². The molecule has 0 aliphatic heterocycles. The van der Waals surface area contributed by atoms with Gasteiger partial charge < -0.3 is 19.1 Å². The van der Waals surface area contributed by atoms with Crippen molar-refractivity contribution < 1.29 is 28.6 Å². The first-order valence-corrected chi connectivity index (χ1v) is 10.8. The molecule has 0 aliphatic rings. The Bertz CT molecular complexity index is 1160. The fourth-order valence-corrected chi connectivity index (χ4v) is 3.29. The number of amides is 1. The summed E-state index contributed by atoms with van der Waals surface area (Å²) in [7, 11) is 1.44. The van der Waals surface area contributed by atoms with E-state index in [1.54, 1.807) is 17.0 Å². The van der Waals surface area contributed by atoms with E-state index < -0.39 is 19.2 Å². The number of ether oxygens (including phenoxy) is 3. The molecule has 0 atom stereocenters. The van der Waals surface area contributed by atoms with Crippen molar-refractivity contribution in [3.05, 3.63) is 89.5 Å². The smallest absolute Gasteiger partial charge is 0.344 e. The first kappa shape index (κ1) is 24.5. The average molecular weight is 462 g/mol. The fourth-order valence-electron chi connectivity index (χ4n) is 3.29. The number of esters is 1. The molecule has 0 bridgehead atoms. The van der Waals surface area contributed by atoms with E-state index in [2.05, 4.69) is 0 Å². The molecule has 0 spiro atoms. The molecule has 3 aromatic carbocycles. The molecule has 0 N–H and O–H groups in total. The van der Waals surface area contributed by atoms with Crippen LogP contribution in [0.1, 0.15) is 28.4 Å².